The first-order valence-electron chi connectivity index (χ1n) is 6.83. The van der Waals surface area contributed by atoms with Gasteiger partial charge in [-0.3, -0.25) is 0 Å². The van der Waals surface area contributed by atoms with Gasteiger partial charge in [0.15, 0.2) is 6.61 Å². The number of aromatic nitrogens is 2. The Bertz CT molecular complexity index is 593. The molecule has 7 heteroatoms. The second-order valence-corrected chi connectivity index (χ2v) is 5.07. The summed E-state index contributed by atoms with van der Waals surface area (Å²) in [6.45, 7) is 1.37. The molecule has 0 spiro atoms. The number of nitrogens with zero attached hydrogens (tertiary/aromatic N) is 2. The Morgan fingerprint density at radius 2 is 1.95 bits per heavy atom. The van der Waals surface area contributed by atoms with E-state index < -0.39 is 12.8 Å². The number of rotatable bonds is 6. The number of halogens is 3. The molecule has 0 saturated carbocycles. The Labute approximate surface area is 126 Å². The maximum Gasteiger partial charge on any atom is 0.422 e. The smallest absolute Gasteiger partial charge is 0.422 e. The number of hydrogen-bond acceptors (Lipinski definition) is 3. The summed E-state index contributed by atoms with van der Waals surface area (Å²) in [6, 6.07) is 6.66. The molecule has 1 heterocycles. The van der Waals surface area contributed by atoms with Gasteiger partial charge in [-0.05, 0) is 24.6 Å². The van der Waals surface area contributed by atoms with Crippen molar-refractivity contribution < 1.29 is 17.9 Å². The van der Waals surface area contributed by atoms with Crippen molar-refractivity contribution in [2.45, 2.75) is 25.7 Å². The largest absolute Gasteiger partial charge is 0.484 e. The van der Waals surface area contributed by atoms with Gasteiger partial charge in [-0.25, -0.2) is 4.98 Å². The predicted molar refractivity (Wildman–Crippen MR) is 76.5 cm³/mol. The van der Waals surface area contributed by atoms with Crippen LogP contribution in [-0.4, -0.2) is 22.3 Å². The van der Waals surface area contributed by atoms with Gasteiger partial charge in [-0.1, -0.05) is 12.1 Å². The topological polar surface area (TPSA) is 39.1 Å². The van der Waals surface area contributed by atoms with Crippen LogP contribution in [0.15, 0.2) is 36.8 Å². The minimum Gasteiger partial charge on any atom is -0.484 e. The van der Waals surface area contributed by atoms with Crippen molar-refractivity contribution in [2.24, 2.45) is 7.05 Å². The molecule has 0 radical (unpaired) electrons. The molecule has 0 saturated heterocycles. The molecule has 4 nitrogen and oxygen atoms in total. The maximum atomic E-state index is 12.1. The molecular formula is C15H18F3N3O. The van der Waals surface area contributed by atoms with E-state index in [2.05, 4.69) is 15.0 Å². The standard InChI is InChI=1S/C15H18F3N3O/c1-11(20-8-13-7-19-10-21(13)2)12-3-5-14(6-4-12)22-9-15(16,17)18/h3-7,10-11,20H,8-9H2,1-2H3. The van der Waals surface area contributed by atoms with Crippen molar-refractivity contribution >= 4 is 0 Å². The van der Waals surface area contributed by atoms with E-state index >= 15 is 0 Å². The average Bonchev–Trinajstić information content (AvgIpc) is 2.88. The summed E-state index contributed by atoms with van der Waals surface area (Å²) in [4.78, 5) is 4.04. The minimum absolute atomic E-state index is 0.0616. The molecule has 1 atom stereocenters. The molecule has 120 valence electrons. The molecule has 0 aliphatic carbocycles. The highest BCUT2D eigenvalue weighted by Gasteiger charge is 2.28. The second-order valence-electron chi connectivity index (χ2n) is 5.07. The first-order chi connectivity index (χ1) is 10.3. The Hall–Kier alpha value is -2.02. The van der Waals surface area contributed by atoms with E-state index in [1.165, 1.54) is 0 Å². The van der Waals surface area contributed by atoms with Crippen LogP contribution in [0.4, 0.5) is 13.2 Å². The lowest BCUT2D eigenvalue weighted by Crippen LogP contribution is -2.20. The number of alkyl halides is 3. The van der Waals surface area contributed by atoms with Gasteiger partial charge in [0.25, 0.3) is 0 Å². The summed E-state index contributed by atoms with van der Waals surface area (Å²) in [6.07, 6.45) is -0.807. The van der Waals surface area contributed by atoms with Crippen LogP contribution in [0.1, 0.15) is 24.2 Å². The molecule has 0 bridgehead atoms. The SMILES string of the molecule is CC(NCc1cncn1C)c1ccc(OCC(F)(F)F)cc1. The summed E-state index contributed by atoms with van der Waals surface area (Å²) in [5, 5.41) is 3.34. The van der Waals surface area contributed by atoms with Crippen molar-refractivity contribution in [3.8, 4) is 5.75 Å². The van der Waals surface area contributed by atoms with Crippen LogP contribution >= 0.6 is 0 Å². The van der Waals surface area contributed by atoms with Crippen molar-refractivity contribution in [3.63, 3.8) is 0 Å². The quantitative estimate of drug-likeness (QED) is 0.890. The van der Waals surface area contributed by atoms with Crippen LogP contribution in [0.5, 0.6) is 5.75 Å². The third kappa shape index (κ3) is 4.77. The third-order valence-corrected chi connectivity index (χ3v) is 3.29. The second kappa shape index (κ2) is 6.83. The fourth-order valence-electron chi connectivity index (χ4n) is 1.95. The van der Waals surface area contributed by atoms with E-state index in [1.54, 1.807) is 36.8 Å². The number of imidazole rings is 1. The molecule has 0 fully saturated rings. The van der Waals surface area contributed by atoms with E-state index in [9.17, 15) is 13.2 Å². The van der Waals surface area contributed by atoms with Crippen molar-refractivity contribution in [2.75, 3.05) is 6.61 Å². The average molecular weight is 313 g/mol. The summed E-state index contributed by atoms with van der Waals surface area (Å²) >= 11 is 0. The summed E-state index contributed by atoms with van der Waals surface area (Å²) in [7, 11) is 1.92. The van der Waals surface area contributed by atoms with Crippen LogP contribution < -0.4 is 10.1 Å². The van der Waals surface area contributed by atoms with E-state index in [0.717, 1.165) is 11.3 Å². The zero-order chi connectivity index (χ0) is 16.2. The Morgan fingerprint density at radius 1 is 1.27 bits per heavy atom. The van der Waals surface area contributed by atoms with Gasteiger partial charge in [0.2, 0.25) is 0 Å². The number of aryl methyl sites for hydroxylation is 1. The molecule has 1 aromatic carbocycles. The van der Waals surface area contributed by atoms with Crippen LogP contribution in [0.2, 0.25) is 0 Å². The van der Waals surface area contributed by atoms with Gasteiger partial charge in [-0.15, -0.1) is 0 Å². The molecule has 0 amide bonds. The molecule has 0 aliphatic rings. The highest BCUT2D eigenvalue weighted by molar-refractivity contribution is 5.29. The number of ether oxygens (including phenoxy) is 1. The molecule has 22 heavy (non-hydrogen) atoms. The summed E-state index contributed by atoms with van der Waals surface area (Å²) < 4.78 is 42.8. The first kappa shape index (κ1) is 16.4. The van der Waals surface area contributed by atoms with Crippen molar-refractivity contribution in [1.82, 2.24) is 14.9 Å². The van der Waals surface area contributed by atoms with Crippen molar-refractivity contribution in [1.29, 1.82) is 0 Å². The number of nitrogens with one attached hydrogen (secondary N) is 1. The van der Waals surface area contributed by atoms with E-state index in [1.807, 2.05) is 18.5 Å². The van der Waals surface area contributed by atoms with Gasteiger partial charge in [0.05, 0.1) is 12.0 Å². The van der Waals surface area contributed by atoms with Gasteiger partial charge in [0, 0.05) is 25.8 Å². The molecule has 1 N–H and O–H groups in total. The molecule has 1 aromatic heterocycles. The molecule has 2 aromatic rings. The van der Waals surface area contributed by atoms with Gasteiger partial charge < -0.3 is 14.6 Å². The number of hydrogen-bond donors (Lipinski definition) is 1. The predicted octanol–water partition coefficient (Wildman–Crippen LogP) is 3.21. The van der Waals surface area contributed by atoms with E-state index in [0.29, 0.717) is 6.54 Å². The highest BCUT2D eigenvalue weighted by Crippen LogP contribution is 2.21. The first-order valence-corrected chi connectivity index (χ1v) is 6.83. The van der Waals surface area contributed by atoms with Crippen LogP contribution in [0, 0.1) is 0 Å². The molecule has 0 aliphatic heterocycles. The van der Waals surface area contributed by atoms with Crippen molar-refractivity contribution in [3.05, 3.63) is 48.0 Å². The Kier molecular flexibility index (Phi) is 5.07. The highest BCUT2D eigenvalue weighted by atomic mass is 19.4. The van der Waals surface area contributed by atoms with E-state index in [4.69, 9.17) is 0 Å². The van der Waals surface area contributed by atoms with Crippen LogP contribution in [0.25, 0.3) is 0 Å². The molecule has 1 unspecified atom stereocenters. The lowest BCUT2D eigenvalue weighted by Gasteiger charge is -2.15. The van der Waals surface area contributed by atoms with Gasteiger partial charge in [0.1, 0.15) is 5.75 Å². The lowest BCUT2D eigenvalue weighted by atomic mass is 10.1. The normalized spacial score (nSPS) is 13.1. The Balaban J connectivity index is 1.88. The van der Waals surface area contributed by atoms with E-state index in [-0.39, 0.29) is 11.8 Å². The fourth-order valence-corrected chi connectivity index (χ4v) is 1.95. The minimum atomic E-state index is -4.32. The van der Waals surface area contributed by atoms with Gasteiger partial charge >= 0.3 is 6.18 Å². The van der Waals surface area contributed by atoms with Crippen LogP contribution in [0.3, 0.4) is 0 Å². The lowest BCUT2D eigenvalue weighted by molar-refractivity contribution is -0.153. The summed E-state index contributed by atoms with van der Waals surface area (Å²) in [5.41, 5.74) is 2.03. The zero-order valence-electron chi connectivity index (χ0n) is 12.4. The molecular weight excluding hydrogens is 295 g/mol. The number of benzene rings is 1. The monoisotopic (exact) mass is 313 g/mol. The Morgan fingerprint density at radius 3 is 2.50 bits per heavy atom. The molecule has 2 rings (SSSR count). The zero-order valence-corrected chi connectivity index (χ0v) is 12.4. The third-order valence-electron chi connectivity index (χ3n) is 3.29. The van der Waals surface area contributed by atoms with Crippen LogP contribution in [-0.2, 0) is 13.6 Å². The van der Waals surface area contributed by atoms with Gasteiger partial charge in [-0.2, -0.15) is 13.2 Å². The summed E-state index contributed by atoms with van der Waals surface area (Å²) in [5.74, 6) is 0.208. The maximum absolute atomic E-state index is 12.1. The fraction of sp³-hybridized carbons (Fsp3) is 0.400.